The van der Waals surface area contributed by atoms with E-state index in [0.29, 0.717) is 25.4 Å². The normalized spacial score (nSPS) is 12.0. The lowest BCUT2D eigenvalue weighted by molar-refractivity contribution is -0.137. The average molecular weight is 301 g/mol. The largest absolute Gasteiger partial charge is 0.481 e. The molecule has 0 aliphatic carbocycles. The lowest BCUT2D eigenvalue weighted by Gasteiger charge is -2.11. The molecule has 21 heavy (non-hydrogen) atoms. The molecular formula is C14H27N3O4. The van der Waals surface area contributed by atoms with Gasteiger partial charge in [0.05, 0.1) is 6.54 Å². The van der Waals surface area contributed by atoms with Gasteiger partial charge in [0, 0.05) is 13.0 Å². The lowest BCUT2D eigenvalue weighted by atomic mass is 10.0. The second kappa shape index (κ2) is 11.1. The standard InChI is InChI=1S/C14H27N3O4/c1-10(2)8-16-14(21)17-12(18)9-15-7-6-11(3)4-5-13(19)20/h10-11,15H,4-9H2,1-3H3,(H,19,20)(H2,16,17,18,21). The van der Waals surface area contributed by atoms with E-state index < -0.39 is 12.0 Å². The highest BCUT2D eigenvalue weighted by Gasteiger charge is 2.08. The summed E-state index contributed by atoms with van der Waals surface area (Å²) < 4.78 is 0. The van der Waals surface area contributed by atoms with Crippen molar-refractivity contribution in [3.63, 3.8) is 0 Å². The van der Waals surface area contributed by atoms with Crippen molar-refractivity contribution in [1.29, 1.82) is 0 Å². The SMILES string of the molecule is CC(C)CNC(=O)NC(=O)CNCCC(C)CCC(=O)O. The number of carbonyl (C=O) groups excluding carboxylic acids is 2. The number of urea groups is 1. The van der Waals surface area contributed by atoms with Crippen LogP contribution >= 0.6 is 0 Å². The van der Waals surface area contributed by atoms with E-state index in [4.69, 9.17) is 5.11 Å². The maximum atomic E-state index is 11.4. The molecule has 0 saturated carbocycles. The maximum Gasteiger partial charge on any atom is 0.321 e. The Morgan fingerprint density at radius 1 is 1.10 bits per heavy atom. The Hall–Kier alpha value is -1.63. The van der Waals surface area contributed by atoms with E-state index in [1.165, 1.54) is 0 Å². The molecule has 0 heterocycles. The van der Waals surface area contributed by atoms with Crippen molar-refractivity contribution in [3.05, 3.63) is 0 Å². The van der Waals surface area contributed by atoms with Crippen molar-refractivity contribution in [1.82, 2.24) is 16.0 Å². The second-order valence-corrected chi connectivity index (χ2v) is 5.66. The Labute approximate surface area is 125 Å². The first-order valence-electron chi connectivity index (χ1n) is 7.31. The molecule has 0 aliphatic rings. The third-order valence-electron chi connectivity index (χ3n) is 2.87. The van der Waals surface area contributed by atoms with Gasteiger partial charge in [0.2, 0.25) is 5.91 Å². The summed E-state index contributed by atoms with van der Waals surface area (Å²) in [5, 5.41) is 16.3. The van der Waals surface area contributed by atoms with Crippen LogP contribution in [0.2, 0.25) is 0 Å². The van der Waals surface area contributed by atoms with E-state index in [9.17, 15) is 14.4 Å². The molecule has 0 spiro atoms. The summed E-state index contributed by atoms with van der Waals surface area (Å²) in [6.45, 7) is 7.12. The van der Waals surface area contributed by atoms with Gasteiger partial charge in [-0.2, -0.15) is 0 Å². The van der Waals surface area contributed by atoms with Crippen molar-refractivity contribution in [2.24, 2.45) is 11.8 Å². The number of carboxylic acid groups (broad SMARTS) is 1. The Bertz CT molecular complexity index is 345. The van der Waals surface area contributed by atoms with Crippen molar-refractivity contribution in [2.45, 2.75) is 40.0 Å². The number of nitrogens with one attached hydrogen (secondary N) is 3. The smallest absolute Gasteiger partial charge is 0.321 e. The Kier molecular flexibility index (Phi) is 10.2. The molecule has 3 amide bonds. The summed E-state index contributed by atoms with van der Waals surface area (Å²) in [6.07, 6.45) is 1.58. The van der Waals surface area contributed by atoms with Crippen LogP contribution in [0.1, 0.15) is 40.0 Å². The average Bonchev–Trinajstić information content (AvgIpc) is 2.39. The van der Waals surface area contributed by atoms with Gasteiger partial charge in [0.15, 0.2) is 0 Å². The summed E-state index contributed by atoms with van der Waals surface area (Å²) in [4.78, 5) is 33.2. The van der Waals surface area contributed by atoms with E-state index in [1.54, 1.807) is 0 Å². The van der Waals surface area contributed by atoms with Gasteiger partial charge in [0.25, 0.3) is 0 Å². The molecule has 7 heteroatoms. The zero-order chi connectivity index (χ0) is 16.3. The first-order valence-corrected chi connectivity index (χ1v) is 7.31. The minimum atomic E-state index is -0.790. The highest BCUT2D eigenvalue weighted by atomic mass is 16.4. The third-order valence-corrected chi connectivity index (χ3v) is 2.87. The van der Waals surface area contributed by atoms with Crippen LogP contribution in [-0.4, -0.2) is 42.6 Å². The number of aliphatic carboxylic acids is 1. The molecular weight excluding hydrogens is 274 g/mol. The van der Waals surface area contributed by atoms with E-state index in [0.717, 1.165) is 6.42 Å². The van der Waals surface area contributed by atoms with Crippen molar-refractivity contribution in [2.75, 3.05) is 19.6 Å². The fourth-order valence-electron chi connectivity index (χ4n) is 1.58. The van der Waals surface area contributed by atoms with Crippen LogP contribution in [0.5, 0.6) is 0 Å². The van der Waals surface area contributed by atoms with Crippen LogP contribution < -0.4 is 16.0 Å². The fourth-order valence-corrected chi connectivity index (χ4v) is 1.58. The lowest BCUT2D eigenvalue weighted by Crippen LogP contribution is -2.44. The Morgan fingerprint density at radius 2 is 1.76 bits per heavy atom. The van der Waals surface area contributed by atoms with E-state index >= 15 is 0 Å². The van der Waals surface area contributed by atoms with Crippen LogP contribution in [0.4, 0.5) is 4.79 Å². The van der Waals surface area contributed by atoms with Gasteiger partial charge in [-0.05, 0) is 31.2 Å². The summed E-state index contributed by atoms with van der Waals surface area (Å²) >= 11 is 0. The van der Waals surface area contributed by atoms with E-state index in [1.807, 2.05) is 20.8 Å². The number of hydrogen-bond acceptors (Lipinski definition) is 4. The second-order valence-electron chi connectivity index (χ2n) is 5.66. The van der Waals surface area contributed by atoms with Crippen LogP contribution in [0.25, 0.3) is 0 Å². The van der Waals surface area contributed by atoms with Gasteiger partial charge in [0.1, 0.15) is 0 Å². The molecule has 0 aromatic carbocycles. The quantitative estimate of drug-likeness (QED) is 0.449. The fraction of sp³-hybridized carbons (Fsp3) is 0.786. The molecule has 1 unspecified atom stereocenters. The molecule has 0 rings (SSSR count). The minimum absolute atomic E-state index is 0.0702. The Balaban J connectivity index is 3.61. The zero-order valence-electron chi connectivity index (χ0n) is 13.1. The van der Waals surface area contributed by atoms with Gasteiger partial charge in [-0.1, -0.05) is 20.8 Å². The molecule has 0 fully saturated rings. The number of hydrogen-bond donors (Lipinski definition) is 4. The Morgan fingerprint density at radius 3 is 2.33 bits per heavy atom. The maximum absolute atomic E-state index is 11.4. The number of amides is 3. The predicted octanol–water partition coefficient (Wildman–Crippen LogP) is 0.949. The summed E-state index contributed by atoms with van der Waals surface area (Å²) in [7, 11) is 0. The zero-order valence-corrected chi connectivity index (χ0v) is 13.1. The molecule has 0 aromatic heterocycles. The monoisotopic (exact) mass is 301 g/mol. The molecule has 0 saturated heterocycles. The topological polar surface area (TPSA) is 108 Å². The van der Waals surface area contributed by atoms with Crippen molar-refractivity contribution >= 4 is 17.9 Å². The molecule has 1 atom stereocenters. The number of carboxylic acids is 1. The molecule has 122 valence electrons. The summed E-state index contributed by atoms with van der Waals surface area (Å²) in [5.41, 5.74) is 0. The number of imide groups is 1. The molecule has 7 nitrogen and oxygen atoms in total. The summed E-state index contributed by atoms with van der Waals surface area (Å²) in [6, 6.07) is -0.481. The summed E-state index contributed by atoms with van der Waals surface area (Å²) in [5.74, 6) is -0.557. The van der Waals surface area contributed by atoms with Crippen molar-refractivity contribution in [3.8, 4) is 0 Å². The van der Waals surface area contributed by atoms with Crippen LogP contribution in [0, 0.1) is 11.8 Å². The molecule has 0 radical (unpaired) electrons. The van der Waals surface area contributed by atoms with Gasteiger partial charge >= 0.3 is 12.0 Å². The highest BCUT2D eigenvalue weighted by Crippen LogP contribution is 2.08. The molecule has 0 aliphatic heterocycles. The third kappa shape index (κ3) is 13.1. The van der Waals surface area contributed by atoms with E-state index in [-0.39, 0.29) is 24.8 Å². The van der Waals surface area contributed by atoms with Crippen LogP contribution in [-0.2, 0) is 9.59 Å². The van der Waals surface area contributed by atoms with Gasteiger partial charge in [-0.15, -0.1) is 0 Å². The van der Waals surface area contributed by atoms with Gasteiger partial charge < -0.3 is 15.7 Å². The molecule has 0 bridgehead atoms. The minimum Gasteiger partial charge on any atom is -0.481 e. The van der Waals surface area contributed by atoms with Crippen LogP contribution in [0.3, 0.4) is 0 Å². The van der Waals surface area contributed by atoms with Crippen molar-refractivity contribution < 1.29 is 19.5 Å². The van der Waals surface area contributed by atoms with Gasteiger partial charge in [-0.3, -0.25) is 14.9 Å². The van der Waals surface area contributed by atoms with E-state index in [2.05, 4.69) is 16.0 Å². The molecule has 4 N–H and O–H groups in total. The predicted molar refractivity (Wildman–Crippen MR) is 79.9 cm³/mol. The number of carbonyl (C=O) groups is 3. The molecule has 0 aromatic rings. The first kappa shape index (κ1) is 19.4. The highest BCUT2D eigenvalue weighted by molar-refractivity contribution is 5.95. The van der Waals surface area contributed by atoms with Crippen LogP contribution in [0.15, 0.2) is 0 Å². The number of rotatable bonds is 10. The first-order chi connectivity index (χ1) is 9.81. The van der Waals surface area contributed by atoms with Gasteiger partial charge in [-0.25, -0.2) is 4.79 Å².